The van der Waals surface area contributed by atoms with Gasteiger partial charge in [0.05, 0.1) is 0 Å². The molecule has 0 atom stereocenters. The third kappa shape index (κ3) is 4.75. The summed E-state index contributed by atoms with van der Waals surface area (Å²) >= 11 is 0. The maximum Gasteiger partial charge on any atom is 0.164 e. The number of nitrogens with zero attached hydrogens (tertiary/aromatic N) is 3. The van der Waals surface area contributed by atoms with Crippen LogP contribution >= 0.6 is 0 Å². The van der Waals surface area contributed by atoms with Crippen molar-refractivity contribution in [1.82, 2.24) is 15.0 Å². The lowest BCUT2D eigenvalue weighted by Gasteiger charge is -2.12. The van der Waals surface area contributed by atoms with E-state index in [1.165, 1.54) is 5.56 Å². The molecule has 0 aliphatic heterocycles. The topological polar surface area (TPSA) is 51.8 Å². The van der Waals surface area contributed by atoms with E-state index in [0.717, 1.165) is 66.1 Å². The van der Waals surface area contributed by atoms with Crippen molar-refractivity contribution in [3.8, 4) is 56.4 Å². The molecule has 4 heteroatoms. The van der Waals surface area contributed by atoms with E-state index in [1.54, 1.807) is 0 Å². The molecule has 0 saturated heterocycles. The molecule has 0 amide bonds. The van der Waals surface area contributed by atoms with Crippen molar-refractivity contribution in [3.63, 3.8) is 0 Å². The van der Waals surface area contributed by atoms with Crippen LogP contribution in [0.25, 0.3) is 89.1 Å². The Bertz CT molecular complexity index is 2480. The summed E-state index contributed by atoms with van der Waals surface area (Å²) in [5.41, 5.74) is 9.15. The van der Waals surface area contributed by atoms with Gasteiger partial charge in [-0.1, -0.05) is 152 Å². The lowest BCUT2D eigenvalue weighted by Crippen LogP contribution is -2.00. The van der Waals surface area contributed by atoms with E-state index in [-0.39, 0.29) is 0 Å². The Morgan fingerprint density at radius 2 is 0.851 bits per heavy atom. The van der Waals surface area contributed by atoms with Crippen molar-refractivity contribution < 1.29 is 4.42 Å². The largest absolute Gasteiger partial charge is 0.455 e. The van der Waals surface area contributed by atoms with Crippen LogP contribution in [0.4, 0.5) is 0 Å². The van der Waals surface area contributed by atoms with Crippen LogP contribution in [0, 0.1) is 0 Å². The molecule has 2 aromatic heterocycles. The molecule has 2 heterocycles. The van der Waals surface area contributed by atoms with E-state index in [4.69, 9.17) is 19.4 Å². The Balaban J connectivity index is 1.22. The molecule has 0 N–H and O–H groups in total. The second kappa shape index (κ2) is 11.2. The lowest BCUT2D eigenvalue weighted by molar-refractivity contribution is 0.673. The Morgan fingerprint density at radius 3 is 1.47 bits per heavy atom. The molecular formula is C43H27N3O. The number of para-hydroxylation sites is 1. The molecule has 0 bridgehead atoms. The molecule has 0 aliphatic carbocycles. The summed E-state index contributed by atoms with van der Waals surface area (Å²) in [6.07, 6.45) is 0. The summed E-state index contributed by atoms with van der Waals surface area (Å²) in [6.45, 7) is 0. The van der Waals surface area contributed by atoms with Gasteiger partial charge < -0.3 is 4.42 Å². The minimum absolute atomic E-state index is 0.633. The average Bonchev–Trinajstić information content (AvgIpc) is 3.55. The number of hydrogen-bond donors (Lipinski definition) is 0. The number of benzene rings is 7. The number of aromatic nitrogens is 3. The van der Waals surface area contributed by atoms with Gasteiger partial charge in [-0.25, -0.2) is 15.0 Å². The minimum Gasteiger partial charge on any atom is -0.455 e. The maximum atomic E-state index is 6.67. The van der Waals surface area contributed by atoms with Gasteiger partial charge in [0.15, 0.2) is 17.5 Å². The molecule has 9 aromatic rings. The molecule has 0 aliphatic rings. The number of fused-ring (bicyclic) bond motifs is 5. The Hall–Kier alpha value is -6.39. The quantitative estimate of drug-likeness (QED) is 0.197. The highest BCUT2D eigenvalue weighted by Crippen LogP contribution is 2.44. The van der Waals surface area contributed by atoms with Gasteiger partial charge in [0.25, 0.3) is 0 Å². The lowest BCUT2D eigenvalue weighted by atomic mass is 9.91. The maximum absolute atomic E-state index is 6.67. The van der Waals surface area contributed by atoms with E-state index in [1.807, 2.05) is 66.7 Å². The Labute approximate surface area is 271 Å². The van der Waals surface area contributed by atoms with Crippen LogP contribution in [0.3, 0.4) is 0 Å². The van der Waals surface area contributed by atoms with E-state index in [0.29, 0.717) is 17.5 Å². The zero-order valence-corrected chi connectivity index (χ0v) is 25.3. The molecule has 0 fully saturated rings. The van der Waals surface area contributed by atoms with E-state index in [2.05, 4.69) is 97.1 Å². The molecule has 0 radical (unpaired) electrons. The molecule has 220 valence electrons. The molecule has 0 saturated carbocycles. The number of rotatable bonds is 5. The number of furan rings is 1. The highest BCUT2D eigenvalue weighted by Gasteiger charge is 2.19. The van der Waals surface area contributed by atoms with Gasteiger partial charge in [0, 0.05) is 32.8 Å². The van der Waals surface area contributed by atoms with Crippen LogP contribution in [-0.4, -0.2) is 15.0 Å². The van der Waals surface area contributed by atoms with Gasteiger partial charge in [0.1, 0.15) is 11.2 Å². The van der Waals surface area contributed by atoms with E-state index < -0.39 is 0 Å². The standard InChI is InChI=1S/C43H27N3O/c1-4-13-28(14-5-1)34-21-12-19-33-27-36(39-35-20-10-11-22-37(35)47-40(39)38(33)34)29-23-25-32(26-24-29)43-45-41(30-15-6-2-7-16-30)44-42(46-43)31-17-8-3-9-18-31/h1-27H. The highest BCUT2D eigenvalue weighted by atomic mass is 16.3. The summed E-state index contributed by atoms with van der Waals surface area (Å²) in [4.78, 5) is 14.7. The average molecular weight is 602 g/mol. The zero-order valence-electron chi connectivity index (χ0n) is 25.3. The van der Waals surface area contributed by atoms with Gasteiger partial charge in [-0.2, -0.15) is 0 Å². The predicted octanol–water partition coefficient (Wildman–Crippen LogP) is 11.3. The van der Waals surface area contributed by atoms with Gasteiger partial charge >= 0.3 is 0 Å². The zero-order chi connectivity index (χ0) is 31.2. The minimum atomic E-state index is 0.633. The third-order valence-electron chi connectivity index (χ3n) is 8.73. The monoisotopic (exact) mass is 601 g/mol. The van der Waals surface area contributed by atoms with E-state index in [9.17, 15) is 0 Å². The molecule has 0 unspecified atom stereocenters. The van der Waals surface area contributed by atoms with Crippen LogP contribution in [0.5, 0.6) is 0 Å². The summed E-state index contributed by atoms with van der Waals surface area (Å²) in [5, 5.41) is 4.47. The van der Waals surface area contributed by atoms with Crippen LogP contribution in [-0.2, 0) is 0 Å². The second-order valence-electron chi connectivity index (χ2n) is 11.6. The third-order valence-corrected chi connectivity index (χ3v) is 8.73. The Kier molecular flexibility index (Phi) is 6.43. The first-order valence-electron chi connectivity index (χ1n) is 15.7. The fourth-order valence-electron chi connectivity index (χ4n) is 6.48. The van der Waals surface area contributed by atoms with Crippen molar-refractivity contribution in [1.29, 1.82) is 0 Å². The molecule has 0 spiro atoms. The predicted molar refractivity (Wildman–Crippen MR) is 192 cm³/mol. The molecule has 4 nitrogen and oxygen atoms in total. The van der Waals surface area contributed by atoms with Crippen molar-refractivity contribution in [2.45, 2.75) is 0 Å². The SMILES string of the molecule is c1ccc(-c2nc(-c3ccccc3)nc(-c3ccc(-c4cc5cccc(-c6ccccc6)c5c5oc6ccccc6c45)cc3)n2)cc1. The highest BCUT2D eigenvalue weighted by molar-refractivity contribution is 6.24. The van der Waals surface area contributed by atoms with Gasteiger partial charge in [-0.05, 0) is 39.8 Å². The van der Waals surface area contributed by atoms with Crippen LogP contribution in [0.1, 0.15) is 0 Å². The summed E-state index contributed by atoms with van der Waals surface area (Å²) in [6, 6.07) is 56.3. The van der Waals surface area contributed by atoms with Crippen molar-refractivity contribution in [3.05, 3.63) is 164 Å². The molecule has 47 heavy (non-hydrogen) atoms. The smallest absolute Gasteiger partial charge is 0.164 e. The number of hydrogen-bond acceptors (Lipinski definition) is 4. The van der Waals surface area contributed by atoms with E-state index >= 15 is 0 Å². The van der Waals surface area contributed by atoms with Gasteiger partial charge in [0.2, 0.25) is 0 Å². The van der Waals surface area contributed by atoms with Gasteiger partial charge in [-0.3, -0.25) is 0 Å². The Morgan fingerprint density at radius 1 is 0.362 bits per heavy atom. The first-order chi connectivity index (χ1) is 23.3. The van der Waals surface area contributed by atoms with Crippen molar-refractivity contribution in [2.75, 3.05) is 0 Å². The normalized spacial score (nSPS) is 11.4. The fraction of sp³-hybridized carbons (Fsp3) is 0. The van der Waals surface area contributed by atoms with Crippen molar-refractivity contribution >= 4 is 32.7 Å². The second-order valence-corrected chi connectivity index (χ2v) is 11.6. The first-order valence-corrected chi connectivity index (χ1v) is 15.7. The fourth-order valence-corrected chi connectivity index (χ4v) is 6.48. The van der Waals surface area contributed by atoms with Gasteiger partial charge in [-0.15, -0.1) is 0 Å². The first kappa shape index (κ1) is 27.0. The van der Waals surface area contributed by atoms with Crippen LogP contribution < -0.4 is 0 Å². The van der Waals surface area contributed by atoms with Crippen molar-refractivity contribution in [2.24, 2.45) is 0 Å². The summed E-state index contributed by atoms with van der Waals surface area (Å²) in [5.74, 6) is 1.93. The van der Waals surface area contributed by atoms with Crippen LogP contribution in [0.2, 0.25) is 0 Å². The summed E-state index contributed by atoms with van der Waals surface area (Å²) < 4.78 is 6.67. The molecular weight excluding hydrogens is 574 g/mol. The van der Waals surface area contributed by atoms with Crippen LogP contribution in [0.15, 0.2) is 168 Å². The summed E-state index contributed by atoms with van der Waals surface area (Å²) in [7, 11) is 0. The molecule has 9 rings (SSSR count). The molecule has 7 aromatic carbocycles.